The molecule has 3 heteroatoms. The molecule has 0 saturated carbocycles. The van der Waals surface area contributed by atoms with Crippen LogP contribution in [0.25, 0.3) is 0 Å². The van der Waals surface area contributed by atoms with Crippen molar-refractivity contribution in [2.45, 2.75) is 19.8 Å². The summed E-state index contributed by atoms with van der Waals surface area (Å²) in [5.41, 5.74) is 0.833. The van der Waals surface area contributed by atoms with Crippen LogP contribution in [-0.4, -0.2) is 5.78 Å². The second kappa shape index (κ2) is 5.78. The molecule has 0 aliphatic heterocycles. The Kier molecular flexibility index (Phi) is 4.34. The molecule has 17 heavy (non-hydrogen) atoms. The molecule has 0 unspecified atom stereocenters. The number of rotatable bonds is 4. The molecular formula is C14H13IOS. The predicted molar refractivity (Wildman–Crippen MR) is 80.9 cm³/mol. The topological polar surface area (TPSA) is 17.1 Å². The number of aryl methyl sites for hydroxylation is 1. The zero-order chi connectivity index (χ0) is 12.3. The van der Waals surface area contributed by atoms with Crippen LogP contribution in [0.1, 0.15) is 27.0 Å². The van der Waals surface area contributed by atoms with Gasteiger partial charge in [-0.05, 0) is 47.2 Å². The first-order valence-corrected chi connectivity index (χ1v) is 7.45. The van der Waals surface area contributed by atoms with Gasteiger partial charge in [0.25, 0.3) is 0 Å². The minimum atomic E-state index is 0.208. The lowest BCUT2D eigenvalue weighted by Crippen LogP contribution is -2.04. The number of ketones is 1. The van der Waals surface area contributed by atoms with Gasteiger partial charge < -0.3 is 0 Å². The highest BCUT2D eigenvalue weighted by atomic mass is 127. The van der Waals surface area contributed by atoms with Gasteiger partial charge in [-0.1, -0.05) is 25.1 Å². The van der Waals surface area contributed by atoms with Crippen molar-refractivity contribution < 1.29 is 4.79 Å². The van der Waals surface area contributed by atoms with Crippen LogP contribution in [0.2, 0.25) is 0 Å². The molecule has 0 spiro atoms. The van der Waals surface area contributed by atoms with Crippen molar-refractivity contribution in [1.82, 2.24) is 0 Å². The van der Waals surface area contributed by atoms with E-state index in [1.165, 1.54) is 4.88 Å². The van der Waals surface area contributed by atoms with Gasteiger partial charge in [-0.15, -0.1) is 11.3 Å². The first kappa shape index (κ1) is 12.8. The van der Waals surface area contributed by atoms with Crippen molar-refractivity contribution in [3.63, 3.8) is 0 Å². The van der Waals surface area contributed by atoms with Crippen LogP contribution in [0.4, 0.5) is 0 Å². The van der Waals surface area contributed by atoms with E-state index >= 15 is 0 Å². The number of carbonyl (C=O) groups excluding carboxylic acids is 1. The van der Waals surface area contributed by atoms with Crippen molar-refractivity contribution in [2.24, 2.45) is 0 Å². The second-order valence-electron chi connectivity index (χ2n) is 3.80. The largest absolute Gasteiger partial charge is 0.294 e. The van der Waals surface area contributed by atoms with Crippen LogP contribution in [-0.2, 0) is 12.8 Å². The molecule has 0 saturated heterocycles. The van der Waals surface area contributed by atoms with E-state index in [9.17, 15) is 4.79 Å². The fraction of sp³-hybridized carbons (Fsp3) is 0.214. The SMILES string of the molecule is CCc1ccc(CC(=O)c2ccccc2I)s1. The minimum Gasteiger partial charge on any atom is -0.294 e. The van der Waals surface area contributed by atoms with Gasteiger partial charge >= 0.3 is 0 Å². The summed E-state index contributed by atoms with van der Waals surface area (Å²) in [6.07, 6.45) is 1.56. The number of halogens is 1. The fourth-order valence-corrected chi connectivity index (χ4v) is 3.29. The lowest BCUT2D eigenvalue weighted by atomic mass is 10.1. The van der Waals surface area contributed by atoms with E-state index in [-0.39, 0.29) is 5.78 Å². The van der Waals surface area contributed by atoms with Gasteiger partial charge in [0.2, 0.25) is 0 Å². The molecule has 88 valence electrons. The van der Waals surface area contributed by atoms with Crippen LogP contribution in [0, 0.1) is 3.57 Å². The molecule has 1 aromatic carbocycles. The van der Waals surface area contributed by atoms with Crippen LogP contribution in [0.5, 0.6) is 0 Å². The smallest absolute Gasteiger partial charge is 0.169 e. The van der Waals surface area contributed by atoms with E-state index in [0.29, 0.717) is 6.42 Å². The first-order chi connectivity index (χ1) is 8.20. The normalized spacial score (nSPS) is 10.5. The molecule has 0 amide bonds. The number of hydrogen-bond acceptors (Lipinski definition) is 2. The molecule has 0 bridgehead atoms. The Morgan fingerprint density at radius 3 is 2.53 bits per heavy atom. The van der Waals surface area contributed by atoms with Crippen molar-refractivity contribution >= 4 is 39.7 Å². The average molecular weight is 356 g/mol. The summed E-state index contributed by atoms with van der Waals surface area (Å²) in [6, 6.07) is 11.9. The van der Waals surface area contributed by atoms with E-state index in [4.69, 9.17) is 0 Å². The molecular weight excluding hydrogens is 343 g/mol. The molecule has 1 nitrogen and oxygen atoms in total. The van der Waals surface area contributed by atoms with E-state index in [2.05, 4.69) is 41.6 Å². The van der Waals surface area contributed by atoms with Crippen molar-refractivity contribution in [3.8, 4) is 0 Å². The predicted octanol–water partition coefficient (Wildman–Crippen LogP) is 4.34. The maximum Gasteiger partial charge on any atom is 0.169 e. The summed E-state index contributed by atoms with van der Waals surface area (Å²) in [6.45, 7) is 2.14. The maximum absolute atomic E-state index is 12.1. The van der Waals surface area contributed by atoms with Crippen molar-refractivity contribution in [2.75, 3.05) is 0 Å². The fourth-order valence-electron chi connectivity index (χ4n) is 1.65. The number of carbonyl (C=O) groups is 1. The number of thiophene rings is 1. The summed E-state index contributed by atoms with van der Waals surface area (Å²) in [5.74, 6) is 0.208. The Hall–Kier alpha value is -0.680. The minimum absolute atomic E-state index is 0.208. The Balaban J connectivity index is 2.14. The molecule has 2 aromatic rings. The highest BCUT2D eigenvalue weighted by molar-refractivity contribution is 14.1. The standard InChI is InChI=1S/C14H13IOS/c1-2-10-7-8-11(17-10)9-14(16)12-5-3-4-6-13(12)15/h3-8H,2,9H2,1H3. The van der Waals surface area contributed by atoms with Gasteiger partial charge in [-0.25, -0.2) is 0 Å². The van der Waals surface area contributed by atoms with Crippen LogP contribution in [0.3, 0.4) is 0 Å². The molecule has 0 aliphatic carbocycles. The molecule has 0 aliphatic rings. The summed E-state index contributed by atoms with van der Waals surface area (Å²) in [7, 11) is 0. The summed E-state index contributed by atoms with van der Waals surface area (Å²) in [4.78, 5) is 14.6. The molecule has 1 aromatic heterocycles. The van der Waals surface area contributed by atoms with Crippen LogP contribution >= 0.6 is 33.9 Å². The zero-order valence-corrected chi connectivity index (χ0v) is 12.5. The summed E-state index contributed by atoms with van der Waals surface area (Å²) >= 11 is 3.95. The Bertz CT molecular complexity index is 531. The van der Waals surface area contributed by atoms with E-state index < -0.39 is 0 Å². The second-order valence-corrected chi connectivity index (χ2v) is 6.22. The molecule has 2 rings (SSSR count). The average Bonchev–Trinajstić information content (AvgIpc) is 2.77. The van der Waals surface area contributed by atoms with Gasteiger partial charge in [0.1, 0.15) is 0 Å². The Morgan fingerprint density at radius 1 is 1.18 bits per heavy atom. The quantitative estimate of drug-likeness (QED) is 0.588. The van der Waals surface area contributed by atoms with E-state index in [0.717, 1.165) is 20.4 Å². The van der Waals surface area contributed by atoms with Gasteiger partial charge in [0.15, 0.2) is 5.78 Å². The number of Topliss-reactive ketones (excluding diaryl/α,β-unsaturated/α-hetero) is 1. The van der Waals surface area contributed by atoms with Gasteiger partial charge in [-0.3, -0.25) is 4.79 Å². The lowest BCUT2D eigenvalue weighted by Gasteiger charge is -2.01. The monoisotopic (exact) mass is 356 g/mol. The third-order valence-electron chi connectivity index (χ3n) is 2.57. The highest BCUT2D eigenvalue weighted by Crippen LogP contribution is 2.20. The summed E-state index contributed by atoms with van der Waals surface area (Å²) in [5, 5.41) is 0. The molecule has 1 heterocycles. The van der Waals surface area contributed by atoms with Crippen molar-refractivity contribution in [1.29, 1.82) is 0 Å². The zero-order valence-electron chi connectivity index (χ0n) is 9.57. The Labute approximate surface area is 119 Å². The molecule has 0 N–H and O–H groups in total. The van der Waals surface area contributed by atoms with Crippen LogP contribution in [0.15, 0.2) is 36.4 Å². The van der Waals surface area contributed by atoms with Crippen molar-refractivity contribution in [3.05, 3.63) is 55.3 Å². The molecule has 0 atom stereocenters. The number of benzene rings is 1. The van der Waals surface area contributed by atoms with Gasteiger partial charge in [-0.2, -0.15) is 0 Å². The Morgan fingerprint density at radius 2 is 1.88 bits per heavy atom. The van der Waals surface area contributed by atoms with Crippen LogP contribution < -0.4 is 0 Å². The van der Waals surface area contributed by atoms with E-state index in [1.807, 2.05) is 24.3 Å². The highest BCUT2D eigenvalue weighted by Gasteiger charge is 2.11. The third kappa shape index (κ3) is 3.16. The number of hydrogen-bond donors (Lipinski definition) is 0. The van der Waals surface area contributed by atoms with Gasteiger partial charge in [0, 0.05) is 25.3 Å². The van der Waals surface area contributed by atoms with E-state index in [1.54, 1.807) is 11.3 Å². The molecule has 0 fully saturated rings. The summed E-state index contributed by atoms with van der Waals surface area (Å²) < 4.78 is 1.03. The third-order valence-corrected chi connectivity index (χ3v) is 4.75. The maximum atomic E-state index is 12.1. The molecule has 0 radical (unpaired) electrons. The first-order valence-electron chi connectivity index (χ1n) is 5.56. The van der Waals surface area contributed by atoms with Gasteiger partial charge in [0.05, 0.1) is 0 Å². The lowest BCUT2D eigenvalue weighted by molar-refractivity contribution is 0.0993.